The second-order valence-corrected chi connectivity index (χ2v) is 3.61. The number of hydrogen-bond donors (Lipinski definition) is 1. The Morgan fingerprint density at radius 3 is 1.90 bits per heavy atom. The Kier molecular flexibility index (Phi) is 14.3. The van der Waals surface area contributed by atoms with Gasteiger partial charge in [0.15, 0.2) is 0 Å². The molecule has 0 saturated heterocycles. The molecule has 21 heavy (non-hydrogen) atoms. The number of ether oxygens (including phenoxy) is 1. The van der Waals surface area contributed by atoms with E-state index < -0.39 is 0 Å². The van der Waals surface area contributed by atoms with Crippen molar-refractivity contribution in [3.63, 3.8) is 0 Å². The van der Waals surface area contributed by atoms with Crippen LogP contribution in [-0.4, -0.2) is 11.1 Å². The van der Waals surface area contributed by atoms with Gasteiger partial charge in [-0.15, -0.1) is 0 Å². The molecule has 2 aromatic rings. The summed E-state index contributed by atoms with van der Waals surface area (Å²) in [4.78, 5) is 11.0. The van der Waals surface area contributed by atoms with E-state index in [1.807, 2.05) is 12.1 Å². The molecule has 0 atom stereocenters. The summed E-state index contributed by atoms with van der Waals surface area (Å²) in [5.41, 5.74) is 1.34. The van der Waals surface area contributed by atoms with Crippen LogP contribution < -0.4 is 42.0 Å². The topological polar surface area (TPSA) is 46.5 Å². The number of esters is 1. The van der Waals surface area contributed by atoms with Crippen molar-refractivity contribution in [3.05, 3.63) is 48.5 Å². The summed E-state index contributed by atoms with van der Waals surface area (Å²) in [5.74, 6) is 0.224. The summed E-state index contributed by atoms with van der Waals surface area (Å²) in [7, 11) is 0. The number of benzene rings is 2. The zero-order valence-corrected chi connectivity index (χ0v) is 14.8. The fourth-order valence-electron chi connectivity index (χ4n) is 1.63. The van der Waals surface area contributed by atoms with Gasteiger partial charge in [-0.05, 0) is 12.1 Å². The van der Waals surface area contributed by atoms with Gasteiger partial charge in [-0.1, -0.05) is 36.4 Å². The van der Waals surface area contributed by atoms with Crippen LogP contribution >= 0.6 is 0 Å². The molecule has 0 amide bonds. The van der Waals surface area contributed by atoms with Gasteiger partial charge in [0, 0.05) is 18.1 Å². The van der Waals surface area contributed by atoms with Crippen molar-refractivity contribution < 1.29 is 73.6 Å². The van der Waals surface area contributed by atoms with Crippen molar-refractivity contribution in [3.8, 4) is 22.6 Å². The number of phenols is 1. The Labute approximate surface area is 157 Å². The minimum Gasteiger partial charge on any atom is -1.00 e. The Morgan fingerprint density at radius 2 is 1.38 bits per heavy atom. The molecule has 111 valence electrons. The van der Waals surface area contributed by atoms with Gasteiger partial charge in [0.05, 0.1) is 0 Å². The fourth-order valence-corrected chi connectivity index (χ4v) is 1.63. The summed E-state index contributed by atoms with van der Waals surface area (Å²) >= 11 is 0. The molecule has 7 heteroatoms. The molecule has 0 fully saturated rings. The van der Waals surface area contributed by atoms with Gasteiger partial charge in [-0.2, -0.15) is 0 Å². The molecular formula is C14H12Cl3O3Ti. The summed E-state index contributed by atoms with van der Waals surface area (Å²) in [6.45, 7) is 1.35. The summed E-state index contributed by atoms with van der Waals surface area (Å²) in [6.07, 6.45) is 0. The molecule has 0 aliphatic heterocycles. The quantitative estimate of drug-likeness (QED) is 0.320. The monoisotopic (exact) mass is 381 g/mol. The fraction of sp³-hybridized carbons (Fsp3) is 0.0714. The van der Waals surface area contributed by atoms with Gasteiger partial charge in [-0.3, -0.25) is 4.79 Å². The van der Waals surface area contributed by atoms with Crippen LogP contribution in [0, 0.1) is 0 Å². The summed E-state index contributed by atoms with van der Waals surface area (Å²) in [6, 6.07) is 14.0. The maximum atomic E-state index is 11.0. The first kappa shape index (κ1) is 25.3. The molecule has 0 saturated carbocycles. The maximum Gasteiger partial charge on any atom is 3.00 e. The third kappa shape index (κ3) is 6.72. The van der Waals surface area contributed by atoms with E-state index in [-0.39, 0.29) is 70.7 Å². The van der Waals surface area contributed by atoms with Gasteiger partial charge in [0.25, 0.3) is 0 Å². The Hall–Kier alpha value is -0.706. The number of hydrogen-bond acceptors (Lipinski definition) is 3. The van der Waals surface area contributed by atoms with Crippen LogP contribution in [0.25, 0.3) is 11.1 Å². The molecule has 0 aromatic heterocycles. The third-order valence-corrected chi connectivity index (χ3v) is 2.33. The Morgan fingerprint density at radius 1 is 0.905 bits per heavy atom. The zero-order chi connectivity index (χ0) is 12.3. The predicted molar refractivity (Wildman–Crippen MR) is 64.9 cm³/mol. The van der Waals surface area contributed by atoms with Crippen LogP contribution in [0.3, 0.4) is 0 Å². The third-order valence-electron chi connectivity index (χ3n) is 2.33. The Balaban J connectivity index is -0.000000810. The zero-order valence-electron chi connectivity index (χ0n) is 11.0. The molecule has 0 heterocycles. The molecule has 0 aliphatic rings. The van der Waals surface area contributed by atoms with Crippen molar-refractivity contribution in [2.75, 3.05) is 0 Å². The largest absolute Gasteiger partial charge is 3.00 e. The number of carbonyl (C=O) groups is 1. The molecule has 2 aromatic carbocycles. The first-order chi connectivity index (χ1) is 8.18. The standard InChI is InChI=1S/C14H12O3.3ClH.Ti/c1-10(15)17-14-9-5-3-7-12(14)11-6-2-4-8-13(11)16;;;;/h2-9,16H,1H3;3*1H;/q;;;;+3/p-3. The van der Waals surface area contributed by atoms with Crippen LogP contribution in [0.15, 0.2) is 48.5 Å². The maximum absolute atomic E-state index is 11.0. The van der Waals surface area contributed by atoms with E-state index in [0.717, 1.165) is 0 Å². The van der Waals surface area contributed by atoms with Crippen molar-refractivity contribution >= 4 is 5.97 Å². The number of rotatable bonds is 2. The van der Waals surface area contributed by atoms with Crippen LogP contribution in [0.2, 0.25) is 0 Å². The van der Waals surface area contributed by atoms with Gasteiger partial charge >= 0.3 is 27.7 Å². The molecule has 0 unspecified atom stereocenters. The molecule has 0 bridgehead atoms. The molecule has 0 aliphatic carbocycles. The second kappa shape index (κ2) is 11.9. The molecular weight excluding hydrogens is 370 g/mol. The number of phenolic OH excluding ortho intramolecular Hbond substituents is 1. The number of halogens is 3. The van der Waals surface area contributed by atoms with E-state index in [0.29, 0.717) is 16.9 Å². The van der Waals surface area contributed by atoms with Crippen LogP contribution in [0.5, 0.6) is 11.5 Å². The average molecular weight is 382 g/mol. The van der Waals surface area contributed by atoms with Crippen LogP contribution in [0.4, 0.5) is 0 Å². The predicted octanol–water partition coefficient (Wildman–Crippen LogP) is -6.01. The number of carbonyl (C=O) groups excluding carboxylic acids is 1. The van der Waals surface area contributed by atoms with Gasteiger partial charge < -0.3 is 47.1 Å². The van der Waals surface area contributed by atoms with Crippen molar-refractivity contribution in [1.82, 2.24) is 0 Å². The van der Waals surface area contributed by atoms with Crippen molar-refractivity contribution in [2.24, 2.45) is 0 Å². The molecule has 1 N–H and O–H groups in total. The van der Waals surface area contributed by atoms with Crippen molar-refractivity contribution in [2.45, 2.75) is 6.92 Å². The van der Waals surface area contributed by atoms with E-state index in [4.69, 9.17) is 4.74 Å². The minimum absolute atomic E-state index is 0. The SMILES string of the molecule is CC(=O)Oc1ccccc1-c1ccccc1O.[Cl-].[Cl-].[Cl-].[Ti+3]. The summed E-state index contributed by atoms with van der Waals surface area (Å²) < 4.78 is 5.10. The molecule has 3 nitrogen and oxygen atoms in total. The van der Waals surface area contributed by atoms with E-state index in [9.17, 15) is 9.90 Å². The number of para-hydroxylation sites is 2. The van der Waals surface area contributed by atoms with Crippen molar-refractivity contribution in [1.29, 1.82) is 0 Å². The smallest absolute Gasteiger partial charge is 1.00 e. The van der Waals surface area contributed by atoms with Crippen LogP contribution in [0.1, 0.15) is 6.92 Å². The summed E-state index contributed by atoms with van der Waals surface area (Å²) in [5, 5.41) is 9.78. The van der Waals surface area contributed by atoms with Gasteiger partial charge in [0.2, 0.25) is 0 Å². The van der Waals surface area contributed by atoms with E-state index in [1.165, 1.54) is 6.92 Å². The van der Waals surface area contributed by atoms with Crippen LogP contribution in [-0.2, 0) is 26.5 Å². The first-order valence-electron chi connectivity index (χ1n) is 5.24. The minimum atomic E-state index is -0.382. The normalized spacial score (nSPS) is 8.05. The first-order valence-corrected chi connectivity index (χ1v) is 5.24. The number of aromatic hydroxyl groups is 1. The van der Waals surface area contributed by atoms with E-state index in [1.54, 1.807) is 36.4 Å². The average Bonchev–Trinajstić information content (AvgIpc) is 2.30. The molecule has 0 spiro atoms. The second-order valence-electron chi connectivity index (χ2n) is 3.61. The Bertz CT molecular complexity index is 565. The molecule has 1 radical (unpaired) electrons. The van der Waals surface area contributed by atoms with Gasteiger partial charge in [0.1, 0.15) is 11.5 Å². The van der Waals surface area contributed by atoms with E-state index >= 15 is 0 Å². The van der Waals surface area contributed by atoms with Gasteiger partial charge in [-0.25, -0.2) is 0 Å². The van der Waals surface area contributed by atoms with E-state index in [2.05, 4.69) is 0 Å². The molecule has 2 rings (SSSR count).